The van der Waals surface area contributed by atoms with E-state index in [1.165, 1.54) is 0 Å². The lowest BCUT2D eigenvalue weighted by Crippen LogP contribution is -2.24. The molecule has 1 aromatic heterocycles. The molecule has 1 aromatic rings. The average molecular weight is 222 g/mol. The van der Waals surface area contributed by atoms with Crippen molar-refractivity contribution in [2.24, 2.45) is 11.7 Å². The number of hydrogen-bond acceptors (Lipinski definition) is 4. The molecule has 5 nitrogen and oxygen atoms in total. The maximum atomic E-state index is 11.1. The van der Waals surface area contributed by atoms with Crippen molar-refractivity contribution in [2.45, 2.75) is 6.92 Å². The first-order valence-electron chi connectivity index (χ1n) is 5.28. The molecule has 1 heterocycles. The molecule has 0 aliphatic carbocycles. The summed E-state index contributed by atoms with van der Waals surface area (Å²) in [6.07, 6.45) is 1.64. The van der Waals surface area contributed by atoms with E-state index in [9.17, 15) is 4.79 Å². The molecule has 0 saturated carbocycles. The Hall–Kier alpha value is -1.62. The van der Waals surface area contributed by atoms with Crippen LogP contribution in [0.2, 0.25) is 0 Å². The van der Waals surface area contributed by atoms with Crippen LogP contribution in [0.3, 0.4) is 0 Å². The van der Waals surface area contributed by atoms with Gasteiger partial charge >= 0.3 is 0 Å². The Bertz CT molecular complexity index is 354. The highest BCUT2D eigenvalue weighted by atomic mass is 16.1. The zero-order valence-electron chi connectivity index (χ0n) is 9.66. The number of carbonyl (C=O) groups excluding carboxylic acids is 1. The normalized spacial score (nSPS) is 12.1. The molecule has 1 amide bonds. The van der Waals surface area contributed by atoms with Crippen molar-refractivity contribution in [2.75, 3.05) is 25.5 Å². The minimum absolute atomic E-state index is 0.430. The van der Waals surface area contributed by atoms with Crippen LogP contribution in [0.5, 0.6) is 0 Å². The molecule has 0 fully saturated rings. The van der Waals surface area contributed by atoms with E-state index in [0.717, 1.165) is 13.1 Å². The van der Waals surface area contributed by atoms with Crippen LogP contribution in [-0.2, 0) is 0 Å². The van der Waals surface area contributed by atoms with E-state index in [-0.39, 0.29) is 0 Å². The van der Waals surface area contributed by atoms with E-state index >= 15 is 0 Å². The fourth-order valence-corrected chi connectivity index (χ4v) is 1.44. The highest BCUT2D eigenvalue weighted by Crippen LogP contribution is 2.10. The Morgan fingerprint density at radius 2 is 2.31 bits per heavy atom. The van der Waals surface area contributed by atoms with Gasteiger partial charge in [0.05, 0.1) is 5.56 Å². The van der Waals surface area contributed by atoms with Gasteiger partial charge in [0, 0.05) is 12.7 Å². The summed E-state index contributed by atoms with van der Waals surface area (Å²) in [5.41, 5.74) is 5.68. The van der Waals surface area contributed by atoms with Crippen LogP contribution in [0, 0.1) is 5.92 Å². The fourth-order valence-electron chi connectivity index (χ4n) is 1.44. The van der Waals surface area contributed by atoms with Crippen molar-refractivity contribution >= 4 is 11.7 Å². The summed E-state index contributed by atoms with van der Waals surface area (Å²) in [7, 11) is 1.91. The number of hydrogen-bond donors (Lipinski definition) is 3. The van der Waals surface area contributed by atoms with Crippen LogP contribution in [0.4, 0.5) is 5.82 Å². The summed E-state index contributed by atoms with van der Waals surface area (Å²) in [5.74, 6) is 0.544. The topological polar surface area (TPSA) is 80.0 Å². The molecular weight excluding hydrogens is 204 g/mol. The Balaban J connectivity index is 2.63. The minimum Gasteiger partial charge on any atom is -0.369 e. The third-order valence-electron chi connectivity index (χ3n) is 2.24. The summed E-state index contributed by atoms with van der Waals surface area (Å²) < 4.78 is 0. The van der Waals surface area contributed by atoms with Crippen molar-refractivity contribution < 1.29 is 4.79 Å². The van der Waals surface area contributed by atoms with Gasteiger partial charge in [-0.2, -0.15) is 0 Å². The van der Waals surface area contributed by atoms with Crippen LogP contribution in [0.25, 0.3) is 0 Å². The Morgan fingerprint density at radius 1 is 1.56 bits per heavy atom. The number of nitrogens with one attached hydrogen (secondary N) is 2. The Labute approximate surface area is 95.4 Å². The zero-order valence-corrected chi connectivity index (χ0v) is 9.66. The molecule has 88 valence electrons. The number of nitrogens with two attached hydrogens (primary N) is 1. The van der Waals surface area contributed by atoms with Crippen LogP contribution in [0.1, 0.15) is 17.3 Å². The molecule has 0 aliphatic heterocycles. The summed E-state index contributed by atoms with van der Waals surface area (Å²) in [5, 5.41) is 6.22. The third kappa shape index (κ3) is 3.51. The van der Waals surface area contributed by atoms with Crippen LogP contribution in [0.15, 0.2) is 18.3 Å². The predicted molar refractivity (Wildman–Crippen MR) is 64.3 cm³/mol. The van der Waals surface area contributed by atoms with E-state index < -0.39 is 5.91 Å². The number of nitrogens with zero attached hydrogens (tertiary/aromatic N) is 1. The maximum Gasteiger partial charge on any atom is 0.252 e. The van der Waals surface area contributed by atoms with Gasteiger partial charge in [0.15, 0.2) is 0 Å². The van der Waals surface area contributed by atoms with Crippen molar-refractivity contribution in [3.8, 4) is 0 Å². The van der Waals surface area contributed by atoms with Gasteiger partial charge in [-0.15, -0.1) is 0 Å². The fraction of sp³-hybridized carbons (Fsp3) is 0.455. The minimum atomic E-state index is -0.461. The monoisotopic (exact) mass is 222 g/mol. The molecule has 1 rings (SSSR count). The highest BCUT2D eigenvalue weighted by molar-refractivity contribution is 5.97. The number of pyridine rings is 1. The van der Waals surface area contributed by atoms with E-state index in [1.54, 1.807) is 18.3 Å². The molecule has 16 heavy (non-hydrogen) atoms. The first-order chi connectivity index (χ1) is 7.65. The number of primary amides is 1. The van der Waals surface area contributed by atoms with Crippen molar-refractivity contribution in [1.82, 2.24) is 10.3 Å². The summed E-state index contributed by atoms with van der Waals surface area (Å²) in [6, 6.07) is 3.36. The first kappa shape index (κ1) is 12.4. The van der Waals surface area contributed by atoms with Gasteiger partial charge in [0.25, 0.3) is 5.91 Å². The predicted octanol–water partition coefficient (Wildman–Crippen LogP) is 0.448. The molecule has 4 N–H and O–H groups in total. The van der Waals surface area contributed by atoms with Gasteiger partial charge in [-0.05, 0) is 31.6 Å². The number of rotatable bonds is 6. The quantitative estimate of drug-likeness (QED) is 0.653. The second-order valence-corrected chi connectivity index (χ2v) is 3.81. The lowest BCUT2D eigenvalue weighted by atomic mass is 10.1. The summed E-state index contributed by atoms with van der Waals surface area (Å²) in [4.78, 5) is 15.2. The summed E-state index contributed by atoms with van der Waals surface area (Å²) >= 11 is 0. The number of anilines is 1. The van der Waals surface area contributed by atoms with Crippen molar-refractivity contribution in [1.29, 1.82) is 0 Å². The van der Waals surface area contributed by atoms with E-state index in [2.05, 4.69) is 22.5 Å². The largest absolute Gasteiger partial charge is 0.369 e. The van der Waals surface area contributed by atoms with Crippen LogP contribution >= 0.6 is 0 Å². The lowest BCUT2D eigenvalue weighted by Gasteiger charge is -2.13. The molecule has 0 aliphatic rings. The van der Waals surface area contributed by atoms with Gasteiger partial charge in [0.1, 0.15) is 5.82 Å². The molecule has 0 aromatic carbocycles. The molecule has 1 unspecified atom stereocenters. The van der Waals surface area contributed by atoms with E-state index in [0.29, 0.717) is 17.3 Å². The number of amides is 1. The first-order valence-corrected chi connectivity index (χ1v) is 5.28. The van der Waals surface area contributed by atoms with Gasteiger partial charge in [0.2, 0.25) is 0 Å². The van der Waals surface area contributed by atoms with Gasteiger partial charge in [-0.1, -0.05) is 6.92 Å². The van der Waals surface area contributed by atoms with Crippen LogP contribution in [-0.4, -0.2) is 31.0 Å². The van der Waals surface area contributed by atoms with Crippen LogP contribution < -0.4 is 16.4 Å². The van der Waals surface area contributed by atoms with Gasteiger partial charge < -0.3 is 16.4 Å². The van der Waals surface area contributed by atoms with E-state index in [4.69, 9.17) is 5.73 Å². The molecule has 0 saturated heterocycles. The van der Waals surface area contributed by atoms with Crippen molar-refractivity contribution in [3.63, 3.8) is 0 Å². The van der Waals surface area contributed by atoms with Crippen molar-refractivity contribution in [3.05, 3.63) is 23.9 Å². The second kappa shape index (κ2) is 6.07. The number of aromatic nitrogens is 1. The third-order valence-corrected chi connectivity index (χ3v) is 2.24. The molecule has 0 bridgehead atoms. The van der Waals surface area contributed by atoms with Gasteiger partial charge in [-0.3, -0.25) is 4.79 Å². The molecule has 1 atom stereocenters. The average Bonchev–Trinajstić information content (AvgIpc) is 2.27. The smallest absolute Gasteiger partial charge is 0.252 e. The second-order valence-electron chi connectivity index (χ2n) is 3.81. The standard InChI is InChI=1S/C11H18N4O/c1-8(6-13-2)7-15-11-9(10(12)16)4-3-5-14-11/h3-5,8,13H,6-7H2,1-2H3,(H2,12,16)(H,14,15). The molecule has 5 heteroatoms. The molecule has 0 spiro atoms. The Morgan fingerprint density at radius 3 is 2.94 bits per heavy atom. The zero-order chi connectivity index (χ0) is 12.0. The SMILES string of the molecule is CNCC(C)CNc1ncccc1C(N)=O. The maximum absolute atomic E-state index is 11.1. The Kier molecular flexibility index (Phi) is 4.72. The molecular formula is C11H18N4O. The van der Waals surface area contributed by atoms with E-state index in [1.807, 2.05) is 7.05 Å². The summed E-state index contributed by atoms with van der Waals surface area (Å²) in [6.45, 7) is 3.76. The van der Waals surface area contributed by atoms with Gasteiger partial charge in [-0.25, -0.2) is 4.98 Å². The lowest BCUT2D eigenvalue weighted by molar-refractivity contribution is 0.100. The molecule has 0 radical (unpaired) electrons. The highest BCUT2D eigenvalue weighted by Gasteiger charge is 2.09. The number of carbonyl (C=O) groups is 1.